The number of halogens is 4. The minimum absolute atomic E-state index is 0.0435. The molecule has 220 valence electrons. The molecule has 0 aromatic heterocycles. The van der Waals surface area contributed by atoms with Crippen LogP contribution in [0.4, 0.5) is 34.1 Å². The molecule has 2 heterocycles. The molecule has 2 aliphatic rings. The molecule has 5 rings (SSSR count). The zero-order valence-corrected chi connectivity index (χ0v) is 22.7. The number of alkyl halides is 3. The van der Waals surface area contributed by atoms with Crippen molar-refractivity contribution in [2.75, 3.05) is 23.7 Å². The van der Waals surface area contributed by atoms with Gasteiger partial charge in [-0.25, -0.2) is 9.59 Å². The van der Waals surface area contributed by atoms with Crippen molar-refractivity contribution >= 4 is 41.1 Å². The standard InChI is InChI=1S/C29H26ClF3N4O5/c30-19-8-11-22-21(15-19)28(42-27(41)36-22)12-13-37(16-28)25(38)23(14-17-4-2-1-3-5-17)35-24(29(31,32)33)18-6-9-20(10-7-18)34-26(39)40/h1-11,15,23-24,34-35H,12-14,16H2,(H,36,41)(H,39,40)/t23-,24?,28?/m0/s1. The highest BCUT2D eigenvalue weighted by atomic mass is 35.5. The molecule has 13 heteroatoms. The van der Waals surface area contributed by atoms with E-state index < -0.39 is 42.0 Å². The number of fused-ring (bicyclic) bond motifs is 2. The number of anilines is 2. The molecule has 0 saturated carbocycles. The third kappa shape index (κ3) is 6.29. The first-order valence-electron chi connectivity index (χ1n) is 13.0. The maximum Gasteiger partial charge on any atom is 0.412 e. The number of nitrogens with zero attached hydrogens (tertiary/aromatic N) is 1. The first kappa shape index (κ1) is 29.2. The summed E-state index contributed by atoms with van der Waals surface area (Å²) in [5, 5.41) is 16.5. The Morgan fingerprint density at radius 2 is 1.81 bits per heavy atom. The van der Waals surface area contributed by atoms with Crippen LogP contribution in [0.1, 0.15) is 29.2 Å². The lowest BCUT2D eigenvalue weighted by Crippen LogP contribution is -2.52. The van der Waals surface area contributed by atoms with Gasteiger partial charge < -0.3 is 14.7 Å². The van der Waals surface area contributed by atoms with E-state index in [1.807, 2.05) is 0 Å². The molecule has 0 bridgehead atoms. The Balaban J connectivity index is 1.44. The van der Waals surface area contributed by atoms with Crippen LogP contribution in [0.25, 0.3) is 0 Å². The van der Waals surface area contributed by atoms with E-state index in [0.717, 1.165) is 12.1 Å². The fourth-order valence-electron chi connectivity index (χ4n) is 5.39. The Morgan fingerprint density at radius 3 is 2.48 bits per heavy atom. The summed E-state index contributed by atoms with van der Waals surface area (Å²) in [5.41, 5.74) is 0.417. The van der Waals surface area contributed by atoms with E-state index in [-0.39, 0.29) is 37.2 Å². The highest BCUT2D eigenvalue weighted by Crippen LogP contribution is 2.44. The van der Waals surface area contributed by atoms with Crippen LogP contribution in [0.3, 0.4) is 0 Å². The second-order valence-corrected chi connectivity index (χ2v) is 10.6. The van der Waals surface area contributed by atoms with Crippen LogP contribution in [0, 0.1) is 0 Å². The van der Waals surface area contributed by atoms with Gasteiger partial charge in [-0.3, -0.25) is 20.7 Å². The molecule has 3 amide bonds. The van der Waals surface area contributed by atoms with Crippen molar-refractivity contribution in [3.05, 3.63) is 94.5 Å². The Hall–Kier alpha value is -4.29. The lowest BCUT2D eigenvalue weighted by molar-refractivity contribution is -0.162. The number of carbonyl (C=O) groups excluding carboxylic acids is 2. The lowest BCUT2D eigenvalue weighted by atomic mass is 9.90. The summed E-state index contributed by atoms with van der Waals surface area (Å²) < 4.78 is 48.9. The molecule has 4 N–H and O–H groups in total. The third-order valence-electron chi connectivity index (χ3n) is 7.31. The second-order valence-electron chi connectivity index (χ2n) is 10.1. The van der Waals surface area contributed by atoms with Gasteiger partial charge >= 0.3 is 18.4 Å². The molecule has 1 spiro atoms. The molecular formula is C29H26ClF3N4O5. The summed E-state index contributed by atoms with van der Waals surface area (Å²) in [6.07, 6.45) is -6.65. The molecule has 1 saturated heterocycles. The average Bonchev–Trinajstić information content (AvgIpc) is 3.35. The van der Waals surface area contributed by atoms with Gasteiger partial charge in [0, 0.05) is 29.2 Å². The zero-order chi connectivity index (χ0) is 30.1. The molecular weight excluding hydrogens is 577 g/mol. The number of benzene rings is 3. The summed E-state index contributed by atoms with van der Waals surface area (Å²) in [6, 6.07) is 14.7. The zero-order valence-electron chi connectivity index (χ0n) is 22.0. The number of likely N-dealkylation sites (tertiary alicyclic amines) is 1. The summed E-state index contributed by atoms with van der Waals surface area (Å²) in [5.74, 6) is -0.590. The number of hydrogen-bond acceptors (Lipinski definition) is 5. The summed E-state index contributed by atoms with van der Waals surface area (Å²) >= 11 is 6.21. The minimum atomic E-state index is -4.79. The van der Waals surface area contributed by atoms with E-state index in [0.29, 0.717) is 21.8 Å². The first-order valence-corrected chi connectivity index (χ1v) is 13.4. The van der Waals surface area contributed by atoms with Crippen molar-refractivity contribution in [1.29, 1.82) is 0 Å². The molecule has 3 aromatic rings. The van der Waals surface area contributed by atoms with E-state index in [1.165, 1.54) is 17.0 Å². The number of hydrogen-bond donors (Lipinski definition) is 4. The van der Waals surface area contributed by atoms with Gasteiger partial charge in [0.15, 0.2) is 5.60 Å². The molecule has 2 unspecified atom stereocenters. The van der Waals surface area contributed by atoms with E-state index in [4.69, 9.17) is 21.4 Å². The van der Waals surface area contributed by atoms with Gasteiger partial charge in [0.05, 0.1) is 18.3 Å². The number of carboxylic acid groups (broad SMARTS) is 1. The second kappa shape index (κ2) is 11.5. The molecule has 9 nitrogen and oxygen atoms in total. The Bertz CT molecular complexity index is 1490. The fraction of sp³-hybridized carbons (Fsp3) is 0.276. The number of ether oxygens (including phenoxy) is 1. The van der Waals surface area contributed by atoms with Crippen LogP contribution in [-0.4, -0.2) is 53.4 Å². The maximum absolute atomic E-state index is 14.4. The normalized spacial score (nSPS) is 19.4. The molecule has 42 heavy (non-hydrogen) atoms. The van der Waals surface area contributed by atoms with Crippen LogP contribution in [0.5, 0.6) is 0 Å². The van der Waals surface area contributed by atoms with Crippen molar-refractivity contribution in [3.63, 3.8) is 0 Å². The molecule has 2 aliphatic heterocycles. The predicted molar refractivity (Wildman–Crippen MR) is 148 cm³/mol. The van der Waals surface area contributed by atoms with E-state index in [2.05, 4.69) is 16.0 Å². The van der Waals surface area contributed by atoms with Gasteiger partial charge in [-0.05, 0) is 47.9 Å². The van der Waals surface area contributed by atoms with Gasteiger partial charge in [0.2, 0.25) is 5.91 Å². The van der Waals surface area contributed by atoms with E-state index in [9.17, 15) is 27.6 Å². The molecule has 3 atom stereocenters. The number of nitrogens with one attached hydrogen (secondary N) is 3. The summed E-state index contributed by atoms with van der Waals surface area (Å²) in [6.45, 7) is 0.0725. The van der Waals surface area contributed by atoms with Crippen LogP contribution in [0.2, 0.25) is 5.02 Å². The van der Waals surface area contributed by atoms with E-state index in [1.54, 1.807) is 48.5 Å². The van der Waals surface area contributed by atoms with Crippen molar-refractivity contribution in [1.82, 2.24) is 10.2 Å². The fourth-order valence-corrected chi connectivity index (χ4v) is 5.57. The van der Waals surface area contributed by atoms with Gasteiger partial charge in [0.1, 0.15) is 6.04 Å². The van der Waals surface area contributed by atoms with Crippen LogP contribution in [-0.2, 0) is 21.6 Å². The largest absolute Gasteiger partial charge is 0.465 e. The number of amides is 3. The number of rotatable bonds is 7. The summed E-state index contributed by atoms with van der Waals surface area (Å²) in [4.78, 5) is 38.6. The van der Waals surface area contributed by atoms with Crippen LogP contribution >= 0.6 is 11.6 Å². The van der Waals surface area contributed by atoms with Crippen molar-refractivity contribution in [3.8, 4) is 0 Å². The maximum atomic E-state index is 14.4. The predicted octanol–water partition coefficient (Wildman–Crippen LogP) is 5.92. The van der Waals surface area contributed by atoms with E-state index >= 15 is 0 Å². The van der Waals surface area contributed by atoms with Crippen LogP contribution in [0.15, 0.2) is 72.8 Å². The minimum Gasteiger partial charge on any atom is -0.465 e. The number of carbonyl (C=O) groups is 3. The monoisotopic (exact) mass is 602 g/mol. The Labute approximate surface area is 243 Å². The SMILES string of the molecule is O=C(O)Nc1ccc(C(N[C@@H](Cc2ccccc2)C(=O)N2CCC3(C2)OC(=O)Nc2ccc(Cl)cc23)C(F)(F)F)cc1. The van der Waals surface area contributed by atoms with Gasteiger partial charge in [-0.15, -0.1) is 0 Å². The topological polar surface area (TPSA) is 120 Å². The molecule has 0 radical (unpaired) electrons. The van der Waals surface area contributed by atoms with Crippen molar-refractivity contribution in [2.24, 2.45) is 0 Å². The highest BCUT2D eigenvalue weighted by molar-refractivity contribution is 6.30. The smallest absolute Gasteiger partial charge is 0.412 e. The summed E-state index contributed by atoms with van der Waals surface area (Å²) in [7, 11) is 0. The molecule has 0 aliphatic carbocycles. The average molecular weight is 603 g/mol. The van der Waals surface area contributed by atoms with Gasteiger partial charge in [0.25, 0.3) is 0 Å². The lowest BCUT2D eigenvalue weighted by Gasteiger charge is -2.36. The Kier molecular flexibility index (Phi) is 8.02. The molecule has 3 aromatic carbocycles. The first-order chi connectivity index (χ1) is 19.9. The third-order valence-corrected chi connectivity index (χ3v) is 7.55. The van der Waals surface area contributed by atoms with Gasteiger partial charge in [-0.1, -0.05) is 54.1 Å². The molecule has 1 fully saturated rings. The van der Waals surface area contributed by atoms with Crippen molar-refractivity contribution < 1.29 is 37.4 Å². The quantitative estimate of drug-likeness (QED) is 0.266. The highest BCUT2D eigenvalue weighted by Gasteiger charge is 2.50. The Morgan fingerprint density at radius 1 is 1.10 bits per heavy atom. The van der Waals surface area contributed by atoms with Gasteiger partial charge in [-0.2, -0.15) is 13.2 Å². The van der Waals surface area contributed by atoms with Crippen molar-refractivity contribution in [2.45, 2.75) is 36.7 Å². The van der Waals surface area contributed by atoms with Crippen LogP contribution < -0.4 is 16.0 Å².